The zero-order valence-corrected chi connectivity index (χ0v) is 12.7. The average Bonchev–Trinajstić information content (AvgIpc) is 3.02. The second-order valence-electron chi connectivity index (χ2n) is 4.70. The van der Waals surface area contributed by atoms with Gasteiger partial charge in [-0.1, -0.05) is 22.8 Å². The van der Waals surface area contributed by atoms with E-state index >= 15 is 0 Å². The number of hydrogen-bond donors (Lipinski definition) is 1. The van der Waals surface area contributed by atoms with Crippen molar-refractivity contribution in [3.05, 3.63) is 64.9 Å². The minimum Gasteiger partial charge on any atom is -0.485 e. The maximum absolute atomic E-state index is 11.0. The molecule has 7 heteroatoms. The van der Waals surface area contributed by atoms with Crippen LogP contribution < -0.4 is 10.5 Å². The molecule has 0 atom stereocenters. The zero-order valence-electron chi connectivity index (χ0n) is 11.9. The van der Waals surface area contributed by atoms with Crippen LogP contribution in [0.2, 0.25) is 5.02 Å². The van der Waals surface area contributed by atoms with Crippen LogP contribution in [0.4, 0.5) is 0 Å². The van der Waals surface area contributed by atoms with Gasteiger partial charge in [-0.15, -0.1) is 0 Å². The van der Waals surface area contributed by atoms with Gasteiger partial charge in [-0.2, -0.15) is 4.98 Å². The van der Waals surface area contributed by atoms with Crippen molar-refractivity contribution in [1.82, 2.24) is 10.1 Å². The first kappa shape index (κ1) is 15.1. The molecular weight excluding hydrogens is 318 g/mol. The van der Waals surface area contributed by atoms with Gasteiger partial charge in [-0.25, -0.2) is 0 Å². The van der Waals surface area contributed by atoms with Crippen LogP contribution in [-0.4, -0.2) is 16.0 Å². The smallest absolute Gasteiger partial charge is 0.258 e. The third-order valence-electron chi connectivity index (χ3n) is 3.05. The molecule has 0 aliphatic rings. The highest BCUT2D eigenvalue weighted by Gasteiger charge is 2.10. The molecule has 0 aliphatic heterocycles. The van der Waals surface area contributed by atoms with Crippen LogP contribution in [0.3, 0.4) is 0 Å². The van der Waals surface area contributed by atoms with E-state index < -0.39 is 5.91 Å². The normalized spacial score (nSPS) is 10.5. The maximum Gasteiger partial charge on any atom is 0.258 e. The van der Waals surface area contributed by atoms with Crippen molar-refractivity contribution in [3.63, 3.8) is 0 Å². The maximum atomic E-state index is 11.0. The fraction of sp³-hybridized carbons (Fsp3) is 0.0625. The molecule has 23 heavy (non-hydrogen) atoms. The van der Waals surface area contributed by atoms with Gasteiger partial charge < -0.3 is 15.0 Å². The number of nitrogens with two attached hydrogens (primary N) is 1. The number of primary amides is 1. The number of rotatable bonds is 5. The van der Waals surface area contributed by atoms with E-state index in [0.29, 0.717) is 28.1 Å². The van der Waals surface area contributed by atoms with Crippen molar-refractivity contribution in [1.29, 1.82) is 0 Å². The van der Waals surface area contributed by atoms with E-state index in [0.717, 1.165) is 5.56 Å². The largest absolute Gasteiger partial charge is 0.485 e. The van der Waals surface area contributed by atoms with E-state index in [9.17, 15) is 4.79 Å². The minimum atomic E-state index is -0.485. The SMILES string of the molecule is NC(=O)c1ccc(OCc2noc(-c3cccc(Cl)c3)n2)cc1. The first-order valence-corrected chi connectivity index (χ1v) is 7.11. The Kier molecular flexibility index (Phi) is 4.25. The molecule has 0 fully saturated rings. The fourth-order valence-corrected chi connectivity index (χ4v) is 2.10. The van der Waals surface area contributed by atoms with Crippen molar-refractivity contribution in [2.75, 3.05) is 0 Å². The first-order chi connectivity index (χ1) is 11.1. The first-order valence-electron chi connectivity index (χ1n) is 6.73. The van der Waals surface area contributed by atoms with Gasteiger partial charge in [0.1, 0.15) is 5.75 Å². The molecule has 1 amide bonds. The van der Waals surface area contributed by atoms with Gasteiger partial charge in [-0.05, 0) is 42.5 Å². The van der Waals surface area contributed by atoms with E-state index in [1.54, 1.807) is 42.5 Å². The molecule has 0 saturated heterocycles. The van der Waals surface area contributed by atoms with Crippen LogP contribution in [0.25, 0.3) is 11.5 Å². The summed E-state index contributed by atoms with van der Waals surface area (Å²) in [4.78, 5) is 15.2. The molecule has 6 nitrogen and oxygen atoms in total. The molecule has 2 aromatic carbocycles. The quantitative estimate of drug-likeness (QED) is 0.776. The summed E-state index contributed by atoms with van der Waals surface area (Å²) in [6.07, 6.45) is 0. The molecule has 0 saturated carbocycles. The van der Waals surface area contributed by atoms with Gasteiger partial charge in [0, 0.05) is 16.1 Å². The Morgan fingerprint density at radius 1 is 1.22 bits per heavy atom. The van der Waals surface area contributed by atoms with Crippen molar-refractivity contribution in [2.24, 2.45) is 5.73 Å². The number of hydrogen-bond acceptors (Lipinski definition) is 5. The molecule has 116 valence electrons. The number of nitrogens with zero attached hydrogens (tertiary/aromatic N) is 2. The summed E-state index contributed by atoms with van der Waals surface area (Å²) in [6.45, 7) is 0.139. The van der Waals surface area contributed by atoms with Gasteiger partial charge >= 0.3 is 0 Å². The molecule has 2 N–H and O–H groups in total. The summed E-state index contributed by atoms with van der Waals surface area (Å²) in [7, 11) is 0. The summed E-state index contributed by atoms with van der Waals surface area (Å²) >= 11 is 5.93. The second-order valence-corrected chi connectivity index (χ2v) is 5.14. The zero-order chi connectivity index (χ0) is 16.2. The lowest BCUT2D eigenvalue weighted by Gasteiger charge is -2.03. The predicted octanol–water partition coefficient (Wildman–Crippen LogP) is 3.07. The third kappa shape index (κ3) is 3.67. The number of benzene rings is 2. The van der Waals surface area contributed by atoms with Crippen molar-refractivity contribution in [2.45, 2.75) is 6.61 Å². The summed E-state index contributed by atoms with van der Waals surface area (Å²) < 4.78 is 10.7. The van der Waals surface area contributed by atoms with Crippen LogP contribution in [-0.2, 0) is 6.61 Å². The topological polar surface area (TPSA) is 91.2 Å². The minimum absolute atomic E-state index is 0.139. The second kappa shape index (κ2) is 6.50. The molecule has 3 aromatic rings. The van der Waals surface area contributed by atoms with Crippen LogP contribution in [0.5, 0.6) is 5.75 Å². The number of ether oxygens (including phenoxy) is 1. The number of carbonyl (C=O) groups is 1. The molecule has 1 aromatic heterocycles. The Bertz CT molecular complexity index is 831. The molecular formula is C16H12ClN3O3. The van der Waals surface area contributed by atoms with E-state index in [2.05, 4.69) is 10.1 Å². The van der Waals surface area contributed by atoms with E-state index in [1.165, 1.54) is 0 Å². The van der Waals surface area contributed by atoms with Crippen LogP contribution in [0.15, 0.2) is 53.1 Å². The Morgan fingerprint density at radius 2 is 2.00 bits per heavy atom. The highest BCUT2D eigenvalue weighted by molar-refractivity contribution is 6.30. The predicted molar refractivity (Wildman–Crippen MR) is 84.0 cm³/mol. The van der Waals surface area contributed by atoms with E-state index in [-0.39, 0.29) is 6.61 Å². The third-order valence-corrected chi connectivity index (χ3v) is 3.28. The summed E-state index contributed by atoms with van der Waals surface area (Å²) in [5.74, 6) is 0.860. The van der Waals surface area contributed by atoms with Gasteiger partial charge in [0.15, 0.2) is 6.61 Å². The molecule has 0 bridgehead atoms. The van der Waals surface area contributed by atoms with E-state index in [1.807, 2.05) is 6.07 Å². The highest BCUT2D eigenvalue weighted by atomic mass is 35.5. The van der Waals surface area contributed by atoms with Crippen LogP contribution in [0.1, 0.15) is 16.2 Å². The number of amides is 1. The van der Waals surface area contributed by atoms with Crippen LogP contribution >= 0.6 is 11.6 Å². The Morgan fingerprint density at radius 3 is 2.70 bits per heavy atom. The summed E-state index contributed by atoms with van der Waals surface area (Å²) in [6, 6.07) is 13.6. The molecule has 1 heterocycles. The van der Waals surface area contributed by atoms with E-state index in [4.69, 9.17) is 26.6 Å². The Labute approximate surface area is 136 Å². The number of carbonyl (C=O) groups excluding carboxylic acids is 1. The molecule has 3 rings (SSSR count). The van der Waals surface area contributed by atoms with Gasteiger partial charge in [0.05, 0.1) is 0 Å². The van der Waals surface area contributed by atoms with Gasteiger partial charge in [-0.3, -0.25) is 4.79 Å². The van der Waals surface area contributed by atoms with Crippen molar-refractivity contribution < 1.29 is 14.1 Å². The highest BCUT2D eigenvalue weighted by Crippen LogP contribution is 2.21. The van der Waals surface area contributed by atoms with Crippen molar-refractivity contribution in [3.8, 4) is 17.2 Å². The summed E-state index contributed by atoms with van der Waals surface area (Å²) in [5, 5.41) is 4.45. The monoisotopic (exact) mass is 329 g/mol. The number of halogens is 1. The Balaban J connectivity index is 1.66. The Hall–Kier alpha value is -2.86. The molecule has 0 aliphatic carbocycles. The average molecular weight is 330 g/mol. The van der Waals surface area contributed by atoms with Gasteiger partial charge in [0.25, 0.3) is 5.89 Å². The van der Waals surface area contributed by atoms with Crippen molar-refractivity contribution >= 4 is 17.5 Å². The lowest BCUT2D eigenvalue weighted by atomic mass is 10.2. The molecule has 0 radical (unpaired) electrons. The summed E-state index contributed by atoms with van der Waals surface area (Å²) in [5.41, 5.74) is 6.33. The fourth-order valence-electron chi connectivity index (χ4n) is 1.91. The lowest BCUT2D eigenvalue weighted by molar-refractivity contribution is 0.1000. The molecule has 0 spiro atoms. The van der Waals surface area contributed by atoms with Gasteiger partial charge in [0.2, 0.25) is 11.7 Å². The number of aromatic nitrogens is 2. The lowest BCUT2D eigenvalue weighted by Crippen LogP contribution is -2.10. The molecule has 0 unspecified atom stereocenters. The standard InChI is InChI=1S/C16H12ClN3O3/c17-12-3-1-2-11(8-12)16-19-14(20-23-16)9-22-13-6-4-10(5-7-13)15(18)21/h1-8H,9H2,(H2,18,21). The van der Waals surface area contributed by atoms with Crippen LogP contribution in [0, 0.1) is 0 Å².